The van der Waals surface area contributed by atoms with E-state index in [-0.39, 0.29) is 6.79 Å². The molecular formula is C21H23NO7. The van der Waals surface area contributed by atoms with Gasteiger partial charge in [-0.1, -0.05) is 0 Å². The number of rotatable bonds is 9. The predicted molar refractivity (Wildman–Crippen MR) is 108 cm³/mol. The van der Waals surface area contributed by atoms with Crippen LogP contribution in [0.5, 0.6) is 28.7 Å². The fraction of sp³-hybridized carbons (Fsp3) is 0.286. The summed E-state index contributed by atoms with van der Waals surface area (Å²) in [6, 6.07) is 7.08. The van der Waals surface area contributed by atoms with Gasteiger partial charge in [-0.15, -0.1) is 0 Å². The van der Waals surface area contributed by atoms with E-state index in [0.29, 0.717) is 56.5 Å². The van der Waals surface area contributed by atoms with Crippen LogP contribution in [0.3, 0.4) is 0 Å². The molecule has 0 bridgehead atoms. The third kappa shape index (κ3) is 3.54. The van der Waals surface area contributed by atoms with Gasteiger partial charge in [-0.25, -0.2) is 0 Å². The zero-order valence-corrected chi connectivity index (χ0v) is 17.0. The summed E-state index contributed by atoms with van der Waals surface area (Å²) in [5, 5.41) is 0.690. The van der Waals surface area contributed by atoms with Gasteiger partial charge in [0, 0.05) is 23.6 Å². The molecule has 1 heterocycles. The van der Waals surface area contributed by atoms with E-state index in [1.807, 2.05) is 0 Å². The molecule has 0 fully saturated rings. The molecular weight excluding hydrogens is 378 g/mol. The van der Waals surface area contributed by atoms with Gasteiger partial charge in [0.15, 0.2) is 36.1 Å². The van der Waals surface area contributed by atoms with E-state index in [1.165, 1.54) is 28.4 Å². The number of carbonyl (C=O) groups excluding carboxylic acids is 1. The molecule has 154 valence electrons. The van der Waals surface area contributed by atoms with Crippen LogP contribution in [0, 0.1) is 0 Å². The summed E-state index contributed by atoms with van der Waals surface area (Å²) in [6.45, 7) is 0.0322. The maximum Gasteiger partial charge on any atom is 0.203 e. The van der Waals surface area contributed by atoms with Gasteiger partial charge < -0.3 is 33.4 Å². The molecule has 0 saturated heterocycles. The quantitative estimate of drug-likeness (QED) is 0.432. The largest absolute Gasteiger partial charge is 0.493 e. The van der Waals surface area contributed by atoms with Crippen LogP contribution in [0.4, 0.5) is 0 Å². The first-order valence-electron chi connectivity index (χ1n) is 8.73. The van der Waals surface area contributed by atoms with E-state index in [2.05, 4.69) is 4.98 Å². The highest BCUT2D eigenvalue weighted by atomic mass is 16.7. The highest BCUT2D eigenvalue weighted by Gasteiger charge is 2.21. The van der Waals surface area contributed by atoms with Crippen LogP contribution in [0.2, 0.25) is 0 Å². The maximum atomic E-state index is 12.0. The second-order valence-electron chi connectivity index (χ2n) is 6.02. The number of fused-ring (bicyclic) bond motifs is 1. The molecule has 2 aromatic carbocycles. The number of nitrogens with one attached hydrogen (secondary N) is 1. The predicted octanol–water partition coefficient (Wildman–Crippen LogP) is 3.66. The number of aldehydes is 1. The molecule has 1 aromatic heterocycles. The number of methoxy groups -OCH3 is 5. The normalized spacial score (nSPS) is 10.7. The summed E-state index contributed by atoms with van der Waals surface area (Å²) in [4.78, 5) is 15.3. The van der Waals surface area contributed by atoms with Crippen molar-refractivity contribution < 1.29 is 33.2 Å². The number of hydrogen-bond donors (Lipinski definition) is 1. The Morgan fingerprint density at radius 3 is 2.03 bits per heavy atom. The first-order valence-corrected chi connectivity index (χ1v) is 8.73. The number of H-pyrrole nitrogens is 1. The van der Waals surface area contributed by atoms with Crippen LogP contribution >= 0.6 is 0 Å². The summed E-state index contributed by atoms with van der Waals surface area (Å²) in [7, 11) is 7.68. The molecule has 0 aliphatic rings. The molecule has 8 heteroatoms. The van der Waals surface area contributed by atoms with Crippen molar-refractivity contribution in [3.05, 3.63) is 29.8 Å². The number of benzene rings is 2. The third-order valence-corrected chi connectivity index (χ3v) is 4.54. The topological polar surface area (TPSA) is 88.2 Å². The van der Waals surface area contributed by atoms with Crippen molar-refractivity contribution in [2.45, 2.75) is 0 Å². The van der Waals surface area contributed by atoms with Gasteiger partial charge in [0.2, 0.25) is 5.75 Å². The summed E-state index contributed by atoms with van der Waals surface area (Å²) in [5.41, 5.74) is 2.37. The minimum Gasteiger partial charge on any atom is -0.493 e. The molecule has 0 radical (unpaired) electrons. The average molecular weight is 401 g/mol. The van der Waals surface area contributed by atoms with Gasteiger partial charge in [-0.2, -0.15) is 0 Å². The van der Waals surface area contributed by atoms with E-state index in [9.17, 15) is 4.79 Å². The molecule has 8 nitrogen and oxygen atoms in total. The van der Waals surface area contributed by atoms with Crippen molar-refractivity contribution >= 4 is 17.2 Å². The molecule has 0 aliphatic carbocycles. The standard InChI is InChI=1S/C21H23NO7/c1-24-11-29-21-15(25-2)7-6-13-14(10-23)18(22-19(13)21)12-8-16(26-3)20(28-5)17(9-12)27-4/h6-10,22H,11H2,1-5H3. The van der Waals surface area contributed by atoms with Crippen LogP contribution in [0.15, 0.2) is 24.3 Å². The van der Waals surface area contributed by atoms with E-state index in [0.717, 1.165) is 6.29 Å². The van der Waals surface area contributed by atoms with E-state index >= 15 is 0 Å². The zero-order chi connectivity index (χ0) is 21.0. The fourth-order valence-corrected chi connectivity index (χ4v) is 3.24. The average Bonchev–Trinajstić information content (AvgIpc) is 3.14. The molecule has 3 aromatic rings. The Bertz CT molecular complexity index is 1000. The summed E-state index contributed by atoms with van der Waals surface area (Å²) >= 11 is 0. The van der Waals surface area contributed by atoms with Crippen molar-refractivity contribution in [2.24, 2.45) is 0 Å². The van der Waals surface area contributed by atoms with Gasteiger partial charge in [-0.05, 0) is 24.3 Å². The SMILES string of the molecule is COCOc1c(OC)ccc2c(C=O)c(-c3cc(OC)c(OC)c(OC)c3)[nH]c12. The molecule has 29 heavy (non-hydrogen) atoms. The highest BCUT2D eigenvalue weighted by Crippen LogP contribution is 2.44. The molecule has 0 saturated carbocycles. The minimum absolute atomic E-state index is 0.0322. The van der Waals surface area contributed by atoms with Crippen LogP contribution < -0.4 is 23.7 Å². The van der Waals surface area contributed by atoms with E-state index in [1.54, 1.807) is 31.4 Å². The first-order chi connectivity index (χ1) is 14.1. The van der Waals surface area contributed by atoms with Crippen molar-refractivity contribution in [1.82, 2.24) is 4.98 Å². The smallest absolute Gasteiger partial charge is 0.203 e. The Morgan fingerprint density at radius 1 is 0.862 bits per heavy atom. The number of aromatic amines is 1. The Labute approximate surface area is 168 Å². The molecule has 0 aliphatic heterocycles. The lowest BCUT2D eigenvalue weighted by Crippen LogP contribution is -2.01. The first kappa shape index (κ1) is 20.3. The third-order valence-electron chi connectivity index (χ3n) is 4.54. The van der Waals surface area contributed by atoms with E-state index < -0.39 is 0 Å². The summed E-state index contributed by atoms with van der Waals surface area (Å²) < 4.78 is 32.4. The monoisotopic (exact) mass is 401 g/mol. The van der Waals surface area contributed by atoms with Crippen LogP contribution in [-0.4, -0.2) is 53.6 Å². The molecule has 0 unspecified atom stereocenters. The van der Waals surface area contributed by atoms with Gasteiger partial charge in [0.1, 0.15) is 0 Å². The Morgan fingerprint density at radius 2 is 1.52 bits per heavy atom. The summed E-state index contributed by atoms with van der Waals surface area (Å²) in [5.74, 6) is 2.39. The van der Waals surface area contributed by atoms with Gasteiger partial charge in [-0.3, -0.25) is 4.79 Å². The molecule has 0 amide bonds. The second kappa shape index (κ2) is 8.74. The maximum absolute atomic E-state index is 12.0. The number of hydrogen-bond acceptors (Lipinski definition) is 7. The van der Waals surface area contributed by atoms with Crippen LogP contribution in [-0.2, 0) is 4.74 Å². The van der Waals surface area contributed by atoms with Crippen LogP contribution in [0.25, 0.3) is 22.2 Å². The zero-order valence-electron chi connectivity index (χ0n) is 17.0. The number of carbonyl (C=O) groups is 1. The lowest BCUT2D eigenvalue weighted by atomic mass is 10.0. The second-order valence-corrected chi connectivity index (χ2v) is 6.02. The van der Waals surface area contributed by atoms with Crippen LogP contribution in [0.1, 0.15) is 10.4 Å². The van der Waals surface area contributed by atoms with Gasteiger partial charge in [0.25, 0.3) is 0 Å². The van der Waals surface area contributed by atoms with E-state index in [4.69, 9.17) is 28.4 Å². The molecule has 1 N–H and O–H groups in total. The Balaban J connectivity index is 2.29. The van der Waals surface area contributed by atoms with Crippen molar-refractivity contribution in [3.8, 4) is 40.0 Å². The Hall–Kier alpha value is -3.39. The molecule has 0 atom stereocenters. The van der Waals surface area contributed by atoms with Crippen molar-refractivity contribution in [1.29, 1.82) is 0 Å². The molecule has 0 spiro atoms. The van der Waals surface area contributed by atoms with Gasteiger partial charge >= 0.3 is 0 Å². The van der Waals surface area contributed by atoms with Gasteiger partial charge in [0.05, 0.1) is 39.6 Å². The molecule has 3 rings (SSSR count). The fourth-order valence-electron chi connectivity index (χ4n) is 3.24. The number of aromatic nitrogens is 1. The lowest BCUT2D eigenvalue weighted by Gasteiger charge is -2.14. The summed E-state index contributed by atoms with van der Waals surface area (Å²) in [6.07, 6.45) is 0.796. The lowest BCUT2D eigenvalue weighted by molar-refractivity contribution is 0.0502. The van der Waals surface area contributed by atoms with Crippen molar-refractivity contribution in [2.75, 3.05) is 42.3 Å². The highest BCUT2D eigenvalue weighted by molar-refractivity contribution is 6.07. The Kier molecular flexibility index (Phi) is 6.13. The minimum atomic E-state index is 0.0322. The number of ether oxygens (including phenoxy) is 6. The van der Waals surface area contributed by atoms with Crippen molar-refractivity contribution in [3.63, 3.8) is 0 Å².